The normalized spacial score (nSPS) is 14.4. The third-order valence-electron chi connectivity index (χ3n) is 0.944. The fourth-order valence-electron chi connectivity index (χ4n) is 0.460. The van der Waals surface area contributed by atoms with Crippen LogP contribution in [0.5, 0.6) is 0 Å². The lowest BCUT2D eigenvalue weighted by molar-refractivity contribution is -0.134. The van der Waals surface area contributed by atoms with E-state index in [-0.39, 0.29) is 11.1 Å². The highest BCUT2D eigenvalue weighted by molar-refractivity contribution is 8.14. The highest BCUT2D eigenvalue weighted by atomic mass is 32.2. The number of nitrogens with one attached hydrogen (secondary N) is 1. The number of carboxylic acid groups (broad SMARTS) is 2. The van der Waals surface area contributed by atoms with Gasteiger partial charge < -0.3 is 10.2 Å². The Morgan fingerprint density at radius 2 is 1.67 bits per heavy atom. The quantitative estimate of drug-likeness (QED) is 0.559. The Hall–Kier alpha value is -1.83. The summed E-state index contributed by atoms with van der Waals surface area (Å²) < 4.78 is 0. The van der Waals surface area contributed by atoms with Crippen molar-refractivity contribution in [3.8, 4) is 0 Å². The molecule has 1 fully saturated rings. The maximum Gasteiger partial charge on any atom is 0.328 e. The van der Waals surface area contributed by atoms with Gasteiger partial charge in [-0.15, -0.1) is 0 Å². The van der Waals surface area contributed by atoms with E-state index < -0.39 is 11.9 Å². The van der Waals surface area contributed by atoms with E-state index in [1.54, 1.807) is 0 Å². The molecule has 0 aromatic rings. The molecule has 0 spiro atoms. The zero-order valence-corrected chi connectivity index (χ0v) is 8.11. The molecule has 1 heterocycles. The standard InChI is InChI=1S/C4H4O4.C3H3NO2S/c5-3(6)1-2-4(7)8;5-2-1-7-3(6)4-2/h1-2H,(H,5,6)(H,7,8);1H2,(H,4,5,6)/b2-1-;. The molecular weight excluding hydrogens is 226 g/mol. The number of carbonyl (C=O) groups excluding carboxylic acids is 2. The lowest BCUT2D eigenvalue weighted by Crippen LogP contribution is -2.18. The second kappa shape index (κ2) is 6.60. The van der Waals surface area contributed by atoms with Crippen LogP contribution in [0.4, 0.5) is 4.79 Å². The van der Waals surface area contributed by atoms with Gasteiger partial charge in [0.1, 0.15) is 0 Å². The molecule has 82 valence electrons. The summed E-state index contributed by atoms with van der Waals surface area (Å²) in [7, 11) is 0. The van der Waals surface area contributed by atoms with E-state index in [1.165, 1.54) is 0 Å². The van der Waals surface area contributed by atoms with E-state index in [4.69, 9.17) is 10.2 Å². The van der Waals surface area contributed by atoms with Gasteiger partial charge in [-0.2, -0.15) is 0 Å². The number of carbonyl (C=O) groups is 4. The van der Waals surface area contributed by atoms with Crippen molar-refractivity contribution in [3.05, 3.63) is 12.2 Å². The van der Waals surface area contributed by atoms with Crippen LogP contribution in [0.2, 0.25) is 0 Å². The largest absolute Gasteiger partial charge is 0.478 e. The molecule has 0 unspecified atom stereocenters. The van der Waals surface area contributed by atoms with E-state index >= 15 is 0 Å². The van der Waals surface area contributed by atoms with Crippen molar-refractivity contribution in [1.29, 1.82) is 0 Å². The lowest BCUT2D eigenvalue weighted by Gasteiger charge is -1.77. The summed E-state index contributed by atoms with van der Waals surface area (Å²) in [6.07, 6.45) is 1.12. The van der Waals surface area contributed by atoms with Crippen molar-refractivity contribution >= 4 is 34.8 Å². The Labute approximate surface area is 88.1 Å². The number of carboxylic acids is 2. The Bertz CT molecular complexity index is 293. The molecule has 1 saturated heterocycles. The summed E-state index contributed by atoms with van der Waals surface area (Å²) in [4.78, 5) is 39.3. The van der Waals surface area contributed by atoms with Gasteiger partial charge in [0, 0.05) is 12.2 Å². The first-order valence-electron chi connectivity index (χ1n) is 3.52. The van der Waals surface area contributed by atoms with Gasteiger partial charge in [-0.1, -0.05) is 11.8 Å². The molecule has 0 aliphatic carbocycles. The zero-order valence-electron chi connectivity index (χ0n) is 7.30. The molecule has 15 heavy (non-hydrogen) atoms. The molecule has 1 aliphatic heterocycles. The number of hydrogen-bond donors (Lipinski definition) is 3. The monoisotopic (exact) mass is 233 g/mol. The van der Waals surface area contributed by atoms with Crippen LogP contribution in [0.25, 0.3) is 0 Å². The summed E-state index contributed by atoms with van der Waals surface area (Å²) in [6.45, 7) is 0. The Kier molecular flexibility index (Phi) is 5.79. The minimum atomic E-state index is -1.26. The van der Waals surface area contributed by atoms with Crippen LogP contribution < -0.4 is 5.32 Å². The van der Waals surface area contributed by atoms with Gasteiger partial charge in [-0.25, -0.2) is 9.59 Å². The van der Waals surface area contributed by atoms with Crippen molar-refractivity contribution < 1.29 is 29.4 Å². The van der Waals surface area contributed by atoms with E-state index in [0.717, 1.165) is 11.8 Å². The summed E-state index contributed by atoms with van der Waals surface area (Å²) in [5.74, 6) is -2.41. The molecule has 1 rings (SSSR count). The van der Waals surface area contributed by atoms with Crippen LogP contribution in [-0.2, 0) is 14.4 Å². The third kappa shape index (κ3) is 8.50. The SMILES string of the molecule is O=C(O)/C=C\C(=O)O.O=C1CSC(=O)N1. The van der Waals surface area contributed by atoms with Gasteiger partial charge in [-0.3, -0.25) is 14.9 Å². The van der Waals surface area contributed by atoms with Gasteiger partial charge in [0.15, 0.2) is 0 Å². The summed E-state index contributed by atoms with van der Waals surface area (Å²) in [6, 6.07) is 0. The van der Waals surface area contributed by atoms with Crippen LogP contribution in [0.15, 0.2) is 12.2 Å². The van der Waals surface area contributed by atoms with E-state index in [1.807, 2.05) is 0 Å². The fraction of sp³-hybridized carbons (Fsp3) is 0.143. The number of imide groups is 1. The average molecular weight is 233 g/mol. The van der Waals surface area contributed by atoms with Crippen LogP contribution in [-0.4, -0.2) is 39.1 Å². The maximum atomic E-state index is 10.1. The minimum Gasteiger partial charge on any atom is -0.478 e. The number of amides is 2. The van der Waals surface area contributed by atoms with Gasteiger partial charge >= 0.3 is 11.9 Å². The average Bonchev–Trinajstić information content (AvgIpc) is 2.47. The number of aliphatic carboxylic acids is 2. The van der Waals surface area contributed by atoms with Crippen molar-refractivity contribution in [2.45, 2.75) is 0 Å². The van der Waals surface area contributed by atoms with Crippen LogP contribution in [0, 0.1) is 0 Å². The highest BCUT2D eigenvalue weighted by Gasteiger charge is 2.16. The number of thioether (sulfide) groups is 1. The second-order valence-electron chi connectivity index (χ2n) is 2.13. The van der Waals surface area contributed by atoms with Crippen LogP contribution in [0.3, 0.4) is 0 Å². The Balaban J connectivity index is 0.000000262. The lowest BCUT2D eigenvalue weighted by atomic mass is 10.5. The van der Waals surface area contributed by atoms with E-state index in [0.29, 0.717) is 17.9 Å². The molecular formula is C7H7NO6S. The van der Waals surface area contributed by atoms with Crippen molar-refractivity contribution in [2.75, 3.05) is 5.75 Å². The van der Waals surface area contributed by atoms with Gasteiger partial charge in [0.25, 0.3) is 5.24 Å². The topological polar surface area (TPSA) is 121 Å². The zero-order chi connectivity index (χ0) is 11.8. The first kappa shape index (κ1) is 13.2. The molecule has 0 aromatic heterocycles. The molecule has 3 N–H and O–H groups in total. The molecule has 1 aliphatic rings. The number of hydrogen-bond acceptors (Lipinski definition) is 5. The fourth-order valence-corrected chi connectivity index (χ4v) is 0.980. The Morgan fingerprint density at radius 3 is 1.80 bits per heavy atom. The first-order valence-corrected chi connectivity index (χ1v) is 4.51. The molecule has 0 bridgehead atoms. The highest BCUT2D eigenvalue weighted by Crippen LogP contribution is 2.06. The molecule has 8 heteroatoms. The van der Waals surface area contributed by atoms with Crippen molar-refractivity contribution in [1.82, 2.24) is 5.32 Å². The summed E-state index contributed by atoms with van der Waals surface area (Å²) in [5.41, 5.74) is 0. The molecule has 0 saturated carbocycles. The molecule has 0 radical (unpaired) electrons. The summed E-state index contributed by atoms with van der Waals surface area (Å²) in [5, 5.41) is 17.5. The van der Waals surface area contributed by atoms with Gasteiger partial charge in [0.2, 0.25) is 5.91 Å². The van der Waals surface area contributed by atoms with Crippen molar-refractivity contribution in [3.63, 3.8) is 0 Å². The first-order chi connectivity index (χ1) is 6.91. The second-order valence-corrected chi connectivity index (χ2v) is 3.08. The predicted molar refractivity (Wildman–Crippen MR) is 50.4 cm³/mol. The third-order valence-corrected chi connectivity index (χ3v) is 1.72. The van der Waals surface area contributed by atoms with Crippen molar-refractivity contribution in [2.24, 2.45) is 0 Å². The van der Waals surface area contributed by atoms with E-state index in [9.17, 15) is 19.2 Å². The van der Waals surface area contributed by atoms with Gasteiger partial charge in [0.05, 0.1) is 5.75 Å². The molecule has 0 aromatic carbocycles. The smallest absolute Gasteiger partial charge is 0.328 e. The molecule has 7 nitrogen and oxygen atoms in total. The minimum absolute atomic E-state index is 0.185. The van der Waals surface area contributed by atoms with Crippen LogP contribution in [0.1, 0.15) is 0 Å². The Morgan fingerprint density at radius 1 is 1.20 bits per heavy atom. The molecule has 0 atom stereocenters. The van der Waals surface area contributed by atoms with Crippen LogP contribution >= 0.6 is 11.8 Å². The predicted octanol–water partition coefficient (Wildman–Crippen LogP) is -0.319. The maximum absolute atomic E-state index is 10.1. The number of rotatable bonds is 2. The van der Waals surface area contributed by atoms with Gasteiger partial charge in [-0.05, 0) is 0 Å². The van der Waals surface area contributed by atoms with E-state index in [2.05, 4.69) is 5.32 Å². The molecule has 2 amide bonds. The summed E-state index contributed by atoms with van der Waals surface area (Å²) >= 11 is 1.01.